The molecule has 0 unspecified atom stereocenters. The number of carbonyl (C=O) groups excluding carboxylic acids is 1. The summed E-state index contributed by atoms with van der Waals surface area (Å²) in [5.41, 5.74) is 0.672. The number of thioether (sulfide) groups is 1. The second kappa shape index (κ2) is 6.09. The Hall–Kier alpha value is -2.15. The molecule has 0 bridgehead atoms. The van der Waals surface area contributed by atoms with Gasteiger partial charge >= 0.3 is 0 Å². The van der Waals surface area contributed by atoms with E-state index in [1.54, 1.807) is 18.5 Å². The molecule has 2 aromatic heterocycles. The fourth-order valence-corrected chi connectivity index (χ4v) is 2.75. The highest BCUT2D eigenvalue weighted by Crippen LogP contribution is 2.22. The monoisotopic (exact) mass is 301 g/mol. The minimum Gasteiger partial charge on any atom is -0.364 e. The van der Waals surface area contributed by atoms with Gasteiger partial charge in [-0.05, 0) is 24.5 Å². The van der Waals surface area contributed by atoms with Gasteiger partial charge in [-0.2, -0.15) is 0 Å². The molecule has 1 aliphatic heterocycles. The zero-order chi connectivity index (χ0) is 14.7. The molecule has 7 heteroatoms. The van der Waals surface area contributed by atoms with Crippen LogP contribution < -0.4 is 5.32 Å². The summed E-state index contributed by atoms with van der Waals surface area (Å²) in [6.45, 7) is 1.34. The summed E-state index contributed by atoms with van der Waals surface area (Å²) in [4.78, 5) is 26.5. The number of likely N-dealkylation sites (tertiary alicyclic amines) is 1. The Balaban J connectivity index is 1.60. The Bertz CT molecular complexity index is 630. The van der Waals surface area contributed by atoms with Crippen molar-refractivity contribution in [2.75, 3.05) is 24.7 Å². The first-order valence-electron chi connectivity index (χ1n) is 6.59. The molecule has 6 nitrogen and oxygen atoms in total. The summed E-state index contributed by atoms with van der Waals surface area (Å²) in [6, 6.07) is 5.67. The first-order chi connectivity index (χ1) is 10.3. The third-order valence-corrected chi connectivity index (χ3v) is 4.01. The standard InChI is InChI=1S/C14H15N5OS/c1-21-13-11(3-2-5-16-13)14(20)19-7-10(8-19)18-12-4-6-15-9-17-12/h2-6,9-10H,7-8H2,1H3,(H,15,17,18). The Labute approximate surface area is 127 Å². The second-order valence-electron chi connectivity index (χ2n) is 4.71. The molecule has 1 amide bonds. The number of nitrogens with one attached hydrogen (secondary N) is 1. The van der Waals surface area contributed by atoms with Crippen molar-refractivity contribution in [3.8, 4) is 0 Å². The first kappa shape index (κ1) is 13.8. The maximum absolute atomic E-state index is 12.4. The van der Waals surface area contributed by atoms with Gasteiger partial charge in [0.1, 0.15) is 17.2 Å². The predicted molar refractivity (Wildman–Crippen MR) is 81.4 cm³/mol. The van der Waals surface area contributed by atoms with Gasteiger partial charge in [-0.15, -0.1) is 11.8 Å². The third kappa shape index (κ3) is 2.97. The summed E-state index contributed by atoms with van der Waals surface area (Å²) in [6.07, 6.45) is 6.83. The van der Waals surface area contributed by atoms with Crippen LogP contribution in [-0.2, 0) is 0 Å². The lowest BCUT2D eigenvalue weighted by Gasteiger charge is -2.39. The molecule has 108 valence electrons. The van der Waals surface area contributed by atoms with Gasteiger partial charge in [-0.3, -0.25) is 4.79 Å². The molecule has 0 aliphatic carbocycles. The molecule has 0 atom stereocenters. The zero-order valence-electron chi connectivity index (χ0n) is 11.6. The number of rotatable bonds is 4. The van der Waals surface area contributed by atoms with Crippen LogP contribution >= 0.6 is 11.8 Å². The quantitative estimate of drug-likeness (QED) is 0.864. The van der Waals surface area contributed by atoms with Crippen molar-refractivity contribution < 1.29 is 4.79 Å². The minimum atomic E-state index is 0.0354. The van der Waals surface area contributed by atoms with E-state index in [0.29, 0.717) is 18.7 Å². The number of nitrogens with zero attached hydrogens (tertiary/aromatic N) is 4. The Morgan fingerprint density at radius 1 is 1.33 bits per heavy atom. The second-order valence-corrected chi connectivity index (χ2v) is 5.50. The highest BCUT2D eigenvalue weighted by Gasteiger charge is 2.32. The van der Waals surface area contributed by atoms with Gasteiger partial charge in [0.25, 0.3) is 5.91 Å². The van der Waals surface area contributed by atoms with Gasteiger partial charge in [-0.25, -0.2) is 15.0 Å². The predicted octanol–water partition coefficient (Wildman–Crippen LogP) is 1.53. The first-order valence-corrected chi connectivity index (χ1v) is 7.81. The van der Waals surface area contributed by atoms with Crippen LogP contribution in [0.4, 0.5) is 5.82 Å². The average Bonchev–Trinajstić information content (AvgIpc) is 2.51. The van der Waals surface area contributed by atoms with Crippen molar-refractivity contribution >= 4 is 23.5 Å². The maximum atomic E-state index is 12.4. The van der Waals surface area contributed by atoms with Gasteiger partial charge < -0.3 is 10.2 Å². The Morgan fingerprint density at radius 3 is 2.90 bits per heavy atom. The SMILES string of the molecule is CSc1ncccc1C(=O)N1CC(Nc2ccncn2)C1. The summed E-state index contributed by atoms with van der Waals surface area (Å²) in [5.74, 6) is 0.821. The van der Waals surface area contributed by atoms with E-state index in [2.05, 4.69) is 20.3 Å². The number of aromatic nitrogens is 3. The van der Waals surface area contributed by atoms with E-state index in [0.717, 1.165) is 10.8 Å². The molecule has 0 spiro atoms. The van der Waals surface area contributed by atoms with E-state index < -0.39 is 0 Å². The summed E-state index contributed by atoms with van der Waals surface area (Å²) in [5, 5.41) is 4.05. The fraction of sp³-hybridized carbons (Fsp3) is 0.286. The van der Waals surface area contributed by atoms with Crippen LogP contribution in [0.5, 0.6) is 0 Å². The zero-order valence-corrected chi connectivity index (χ0v) is 12.4. The highest BCUT2D eigenvalue weighted by atomic mass is 32.2. The van der Waals surface area contributed by atoms with Crippen molar-refractivity contribution in [3.63, 3.8) is 0 Å². The van der Waals surface area contributed by atoms with E-state index in [4.69, 9.17) is 0 Å². The average molecular weight is 301 g/mol. The van der Waals surface area contributed by atoms with E-state index >= 15 is 0 Å². The molecular formula is C14H15N5OS. The third-order valence-electron chi connectivity index (χ3n) is 3.30. The largest absolute Gasteiger partial charge is 0.364 e. The smallest absolute Gasteiger partial charge is 0.256 e. The number of hydrogen-bond acceptors (Lipinski definition) is 6. The Morgan fingerprint density at radius 2 is 2.19 bits per heavy atom. The molecule has 3 heterocycles. The number of pyridine rings is 1. The van der Waals surface area contributed by atoms with E-state index in [1.165, 1.54) is 18.1 Å². The molecule has 0 saturated carbocycles. The van der Waals surface area contributed by atoms with Crippen LogP contribution in [0.1, 0.15) is 10.4 Å². The number of anilines is 1. The van der Waals surface area contributed by atoms with Crippen LogP contribution in [0.3, 0.4) is 0 Å². The molecule has 2 aromatic rings. The van der Waals surface area contributed by atoms with E-state index in [1.807, 2.05) is 23.3 Å². The van der Waals surface area contributed by atoms with Crippen LogP contribution in [-0.4, -0.2) is 51.1 Å². The van der Waals surface area contributed by atoms with Gasteiger partial charge in [0.05, 0.1) is 11.6 Å². The van der Waals surface area contributed by atoms with Crippen LogP contribution in [0.25, 0.3) is 0 Å². The molecule has 3 rings (SSSR count). The van der Waals surface area contributed by atoms with Gasteiger partial charge in [0.15, 0.2) is 0 Å². The molecular weight excluding hydrogens is 286 g/mol. The maximum Gasteiger partial charge on any atom is 0.256 e. The van der Waals surface area contributed by atoms with Crippen LogP contribution in [0.15, 0.2) is 41.9 Å². The van der Waals surface area contributed by atoms with Gasteiger partial charge in [0, 0.05) is 25.5 Å². The summed E-state index contributed by atoms with van der Waals surface area (Å²) >= 11 is 1.49. The Kier molecular flexibility index (Phi) is 4.01. The molecule has 21 heavy (non-hydrogen) atoms. The molecule has 1 aliphatic rings. The number of amides is 1. The minimum absolute atomic E-state index is 0.0354. The van der Waals surface area contributed by atoms with Crippen molar-refractivity contribution in [3.05, 3.63) is 42.5 Å². The van der Waals surface area contributed by atoms with Crippen molar-refractivity contribution in [1.82, 2.24) is 19.9 Å². The molecule has 1 N–H and O–H groups in total. The lowest BCUT2D eigenvalue weighted by Crippen LogP contribution is -2.57. The normalized spacial score (nSPS) is 14.6. The van der Waals surface area contributed by atoms with E-state index in [9.17, 15) is 4.79 Å². The van der Waals surface area contributed by atoms with Crippen molar-refractivity contribution in [2.45, 2.75) is 11.1 Å². The fourth-order valence-electron chi connectivity index (χ4n) is 2.21. The number of hydrogen-bond donors (Lipinski definition) is 1. The molecule has 0 radical (unpaired) electrons. The van der Waals surface area contributed by atoms with Gasteiger partial charge in [-0.1, -0.05) is 0 Å². The summed E-state index contributed by atoms with van der Waals surface area (Å²) in [7, 11) is 0. The topological polar surface area (TPSA) is 71.0 Å². The number of carbonyl (C=O) groups is 1. The highest BCUT2D eigenvalue weighted by molar-refractivity contribution is 7.98. The van der Waals surface area contributed by atoms with Crippen LogP contribution in [0.2, 0.25) is 0 Å². The van der Waals surface area contributed by atoms with Gasteiger partial charge in [0.2, 0.25) is 0 Å². The van der Waals surface area contributed by atoms with Crippen molar-refractivity contribution in [1.29, 1.82) is 0 Å². The van der Waals surface area contributed by atoms with E-state index in [-0.39, 0.29) is 11.9 Å². The van der Waals surface area contributed by atoms with Crippen molar-refractivity contribution in [2.24, 2.45) is 0 Å². The van der Waals surface area contributed by atoms with Crippen LogP contribution in [0, 0.1) is 0 Å². The lowest BCUT2D eigenvalue weighted by molar-refractivity contribution is 0.0620. The lowest BCUT2D eigenvalue weighted by atomic mass is 10.1. The molecule has 1 saturated heterocycles. The molecule has 0 aromatic carbocycles. The summed E-state index contributed by atoms with van der Waals surface area (Å²) < 4.78 is 0. The molecule has 1 fully saturated rings.